The lowest BCUT2D eigenvalue weighted by atomic mass is 10.1. The van der Waals surface area contributed by atoms with Gasteiger partial charge in [0.25, 0.3) is 0 Å². The Labute approximate surface area is 102 Å². The highest BCUT2D eigenvalue weighted by Crippen LogP contribution is 2.18. The third-order valence-corrected chi connectivity index (χ3v) is 2.92. The number of halogens is 1. The zero-order valence-corrected chi connectivity index (χ0v) is 10.5. The minimum absolute atomic E-state index is 0.624. The van der Waals surface area contributed by atoms with Gasteiger partial charge < -0.3 is 9.84 Å². The molecule has 0 amide bonds. The first kappa shape index (κ1) is 11.3. The summed E-state index contributed by atoms with van der Waals surface area (Å²) in [5, 5.41) is 6.85. The molecule has 0 saturated carbocycles. The fourth-order valence-corrected chi connectivity index (χ4v) is 1.82. The first-order valence-electron chi connectivity index (χ1n) is 4.99. The van der Waals surface area contributed by atoms with Gasteiger partial charge in [-0.2, -0.15) is 4.98 Å². The molecule has 0 radical (unpaired) electrons. The van der Waals surface area contributed by atoms with Gasteiger partial charge in [-0.3, -0.25) is 0 Å². The summed E-state index contributed by atoms with van der Waals surface area (Å²) in [5.74, 6) is 1.32. The van der Waals surface area contributed by atoms with Gasteiger partial charge in [-0.05, 0) is 18.7 Å². The van der Waals surface area contributed by atoms with Gasteiger partial charge in [-0.25, -0.2) is 0 Å². The second-order valence-corrected chi connectivity index (χ2v) is 4.26. The average molecular weight is 282 g/mol. The molecule has 1 N–H and O–H groups in total. The molecule has 1 aromatic heterocycles. The molecule has 0 fully saturated rings. The molecule has 16 heavy (non-hydrogen) atoms. The predicted octanol–water partition coefficient (Wildman–Crippen LogP) is 2.14. The van der Waals surface area contributed by atoms with Crippen molar-refractivity contribution in [3.8, 4) is 0 Å². The van der Waals surface area contributed by atoms with Crippen LogP contribution in [0.4, 0.5) is 0 Å². The highest BCUT2D eigenvalue weighted by Gasteiger charge is 2.08. The molecule has 0 unspecified atom stereocenters. The number of hydrogen-bond donors (Lipinski definition) is 1. The van der Waals surface area contributed by atoms with E-state index in [1.54, 1.807) is 0 Å². The Hall–Kier alpha value is -1.20. The first-order chi connectivity index (χ1) is 7.79. The molecule has 5 heteroatoms. The van der Waals surface area contributed by atoms with Crippen molar-refractivity contribution in [2.45, 2.75) is 13.0 Å². The van der Waals surface area contributed by atoms with Crippen molar-refractivity contribution in [2.24, 2.45) is 0 Å². The van der Waals surface area contributed by atoms with Crippen LogP contribution in [0.25, 0.3) is 0 Å². The van der Waals surface area contributed by atoms with Crippen molar-refractivity contribution < 1.29 is 4.52 Å². The molecule has 0 saturated heterocycles. The number of benzene rings is 1. The quantitative estimate of drug-likeness (QED) is 0.933. The minimum atomic E-state index is 0.624. The predicted molar refractivity (Wildman–Crippen MR) is 64.0 cm³/mol. The molecule has 2 aromatic rings. The van der Waals surface area contributed by atoms with E-state index in [9.17, 15) is 0 Å². The molecule has 2 rings (SSSR count). The Balaban J connectivity index is 2.11. The third kappa shape index (κ3) is 2.68. The monoisotopic (exact) mass is 281 g/mol. The molecule has 0 spiro atoms. The fraction of sp³-hybridized carbons (Fsp3) is 0.273. The van der Waals surface area contributed by atoms with E-state index >= 15 is 0 Å². The molecule has 1 aromatic carbocycles. The SMILES string of the molecule is CNCc1noc(Cc2ccccc2Br)n1. The van der Waals surface area contributed by atoms with Crippen molar-refractivity contribution in [1.82, 2.24) is 15.5 Å². The van der Waals surface area contributed by atoms with E-state index < -0.39 is 0 Å². The summed E-state index contributed by atoms with van der Waals surface area (Å²) in [6.45, 7) is 0.624. The number of nitrogens with one attached hydrogen (secondary N) is 1. The van der Waals surface area contributed by atoms with E-state index in [1.165, 1.54) is 0 Å². The zero-order chi connectivity index (χ0) is 11.4. The molecule has 0 aliphatic heterocycles. The Morgan fingerprint density at radius 2 is 2.19 bits per heavy atom. The summed E-state index contributed by atoms with van der Waals surface area (Å²) >= 11 is 3.49. The number of nitrogens with zero attached hydrogens (tertiary/aromatic N) is 2. The molecule has 0 atom stereocenters. The van der Waals surface area contributed by atoms with Gasteiger partial charge in [0.05, 0.1) is 13.0 Å². The van der Waals surface area contributed by atoms with Crippen molar-refractivity contribution in [3.05, 3.63) is 46.0 Å². The van der Waals surface area contributed by atoms with Crippen LogP contribution in [-0.2, 0) is 13.0 Å². The van der Waals surface area contributed by atoms with E-state index in [1.807, 2.05) is 31.3 Å². The zero-order valence-electron chi connectivity index (χ0n) is 8.90. The Bertz CT molecular complexity index is 470. The van der Waals surface area contributed by atoms with E-state index in [2.05, 4.69) is 31.4 Å². The Morgan fingerprint density at radius 1 is 1.38 bits per heavy atom. The van der Waals surface area contributed by atoms with Crippen LogP contribution in [0.1, 0.15) is 17.3 Å². The van der Waals surface area contributed by atoms with Crippen LogP contribution in [0.15, 0.2) is 33.3 Å². The van der Waals surface area contributed by atoms with Gasteiger partial charge in [-0.15, -0.1) is 0 Å². The highest BCUT2D eigenvalue weighted by molar-refractivity contribution is 9.10. The maximum absolute atomic E-state index is 5.15. The van der Waals surface area contributed by atoms with Gasteiger partial charge in [0.2, 0.25) is 5.89 Å². The number of rotatable bonds is 4. The molecule has 0 aliphatic rings. The summed E-state index contributed by atoms with van der Waals surface area (Å²) in [6.07, 6.45) is 0.651. The molecule has 4 nitrogen and oxygen atoms in total. The Kier molecular flexibility index (Phi) is 3.69. The third-order valence-electron chi connectivity index (χ3n) is 2.14. The van der Waals surface area contributed by atoms with Gasteiger partial charge in [0, 0.05) is 4.47 Å². The van der Waals surface area contributed by atoms with Crippen molar-refractivity contribution >= 4 is 15.9 Å². The molecular weight excluding hydrogens is 270 g/mol. The lowest BCUT2D eigenvalue weighted by molar-refractivity contribution is 0.378. The summed E-state index contributed by atoms with van der Waals surface area (Å²) in [7, 11) is 1.85. The summed E-state index contributed by atoms with van der Waals surface area (Å²) in [5.41, 5.74) is 1.14. The van der Waals surface area contributed by atoms with Crippen molar-refractivity contribution in [1.29, 1.82) is 0 Å². The van der Waals surface area contributed by atoms with Crippen LogP contribution >= 0.6 is 15.9 Å². The first-order valence-corrected chi connectivity index (χ1v) is 5.78. The van der Waals surface area contributed by atoms with E-state index in [0.29, 0.717) is 24.7 Å². The molecular formula is C11H12BrN3O. The van der Waals surface area contributed by atoms with Crippen LogP contribution in [0.3, 0.4) is 0 Å². The van der Waals surface area contributed by atoms with Gasteiger partial charge in [0.15, 0.2) is 5.82 Å². The lowest BCUT2D eigenvalue weighted by Gasteiger charge is -1.99. The van der Waals surface area contributed by atoms with Crippen LogP contribution in [0, 0.1) is 0 Å². The molecule has 0 bridgehead atoms. The lowest BCUT2D eigenvalue weighted by Crippen LogP contribution is -2.06. The molecule has 0 aliphatic carbocycles. The van der Waals surface area contributed by atoms with E-state index in [-0.39, 0.29) is 0 Å². The minimum Gasteiger partial charge on any atom is -0.339 e. The maximum Gasteiger partial charge on any atom is 0.231 e. The van der Waals surface area contributed by atoms with Crippen LogP contribution < -0.4 is 5.32 Å². The number of hydrogen-bond acceptors (Lipinski definition) is 4. The largest absolute Gasteiger partial charge is 0.339 e. The van der Waals surface area contributed by atoms with Gasteiger partial charge in [0.1, 0.15) is 0 Å². The Morgan fingerprint density at radius 3 is 2.94 bits per heavy atom. The topological polar surface area (TPSA) is 51.0 Å². The number of aromatic nitrogens is 2. The van der Waals surface area contributed by atoms with Crippen LogP contribution in [-0.4, -0.2) is 17.2 Å². The van der Waals surface area contributed by atoms with Gasteiger partial charge >= 0.3 is 0 Å². The maximum atomic E-state index is 5.15. The second kappa shape index (κ2) is 5.23. The standard InChI is InChI=1S/C11H12BrN3O/c1-13-7-10-14-11(16-15-10)6-8-4-2-3-5-9(8)12/h2-5,13H,6-7H2,1H3. The molecule has 1 heterocycles. The van der Waals surface area contributed by atoms with E-state index in [4.69, 9.17) is 4.52 Å². The summed E-state index contributed by atoms with van der Waals surface area (Å²) < 4.78 is 6.21. The molecule has 84 valence electrons. The van der Waals surface area contributed by atoms with Crippen LogP contribution in [0.2, 0.25) is 0 Å². The summed E-state index contributed by atoms with van der Waals surface area (Å²) in [6, 6.07) is 8.01. The van der Waals surface area contributed by atoms with E-state index in [0.717, 1.165) is 10.0 Å². The second-order valence-electron chi connectivity index (χ2n) is 3.40. The fourth-order valence-electron chi connectivity index (χ4n) is 1.40. The van der Waals surface area contributed by atoms with Crippen molar-refractivity contribution in [3.63, 3.8) is 0 Å². The average Bonchev–Trinajstić information content (AvgIpc) is 2.70. The van der Waals surface area contributed by atoms with Crippen molar-refractivity contribution in [2.75, 3.05) is 7.05 Å². The normalized spacial score (nSPS) is 10.6. The van der Waals surface area contributed by atoms with Gasteiger partial charge in [-0.1, -0.05) is 39.3 Å². The highest BCUT2D eigenvalue weighted by atomic mass is 79.9. The smallest absolute Gasteiger partial charge is 0.231 e. The summed E-state index contributed by atoms with van der Waals surface area (Å²) in [4.78, 5) is 4.28. The van der Waals surface area contributed by atoms with Crippen LogP contribution in [0.5, 0.6) is 0 Å².